The van der Waals surface area contributed by atoms with Crippen molar-refractivity contribution < 1.29 is 9.90 Å². The fourth-order valence-electron chi connectivity index (χ4n) is 1.78. The second kappa shape index (κ2) is 3.80. The zero-order chi connectivity index (χ0) is 9.97. The van der Waals surface area contributed by atoms with Gasteiger partial charge >= 0.3 is 0 Å². The fraction of sp³-hybridized carbons (Fsp3) is 0.364. The Morgan fingerprint density at radius 3 is 2.86 bits per heavy atom. The van der Waals surface area contributed by atoms with Gasteiger partial charge in [0.15, 0.2) is 5.78 Å². The van der Waals surface area contributed by atoms with E-state index in [1.54, 1.807) is 24.3 Å². The van der Waals surface area contributed by atoms with Crippen LogP contribution in [0.15, 0.2) is 24.3 Å². The molecule has 1 aliphatic rings. The third-order valence-corrected chi connectivity index (χ3v) is 2.55. The number of carbonyl (C=O) groups is 1. The first kappa shape index (κ1) is 9.21. The highest BCUT2D eigenvalue weighted by atomic mass is 16.3. The number of hydrogen-bond acceptors (Lipinski definition) is 3. The zero-order valence-electron chi connectivity index (χ0n) is 7.86. The summed E-state index contributed by atoms with van der Waals surface area (Å²) in [6, 6.07) is 6.58. The van der Waals surface area contributed by atoms with Crippen molar-refractivity contribution in [1.82, 2.24) is 5.32 Å². The summed E-state index contributed by atoms with van der Waals surface area (Å²) in [6.45, 7) is 0.893. The van der Waals surface area contributed by atoms with Crippen LogP contribution in [0.3, 0.4) is 0 Å². The van der Waals surface area contributed by atoms with Crippen LogP contribution in [0.4, 0.5) is 0 Å². The van der Waals surface area contributed by atoms with Gasteiger partial charge in [-0.25, -0.2) is 0 Å². The lowest BCUT2D eigenvalue weighted by Crippen LogP contribution is -2.30. The molecule has 1 unspecified atom stereocenters. The van der Waals surface area contributed by atoms with Crippen molar-refractivity contribution in [2.45, 2.75) is 18.9 Å². The van der Waals surface area contributed by atoms with E-state index in [0.717, 1.165) is 19.4 Å². The molecule has 1 fully saturated rings. The fourth-order valence-corrected chi connectivity index (χ4v) is 1.78. The van der Waals surface area contributed by atoms with Gasteiger partial charge < -0.3 is 10.4 Å². The number of nitrogens with one attached hydrogen (secondary N) is 1. The topological polar surface area (TPSA) is 49.3 Å². The average Bonchev–Trinajstić information content (AvgIpc) is 2.70. The van der Waals surface area contributed by atoms with Gasteiger partial charge in [-0.05, 0) is 31.5 Å². The van der Waals surface area contributed by atoms with E-state index >= 15 is 0 Å². The number of Topliss-reactive ketones (excluding diaryl/α,β-unsaturated/α-hetero) is 1. The highest BCUT2D eigenvalue weighted by Crippen LogP contribution is 2.20. The molecule has 1 atom stereocenters. The van der Waals surface area contributed by atoms with Crippen molar-refractivity contribution >= 4 is 5.78 Å². The SMILES string of the molecule is O=C(c1ccccc1O)C1CCCN1. The predicted octanol–water partition coefficient (Wildman–Crippen LogP) is 1.33. The largest absolute Gasteiger partial charge is 0.507 e. The second-order valence-electron chi connectivity index (χ2n) is 3.53. The number of rotatable bonds is 2. The Morgan fingerprint density at radius 2 is 2.21 bits per heavy atom. The monoisotopic (exact) mass is 191 g/mol. The van der Waals surface area contributed by atoms with Gasteiger partial charge in [0, 0.05) is 0 Å². The van der Waals surface area contributed by atoms with Gasteiger partial charge in [0.2, 0.25) is 0 Å². The first-order valence-corrected chi connectivity index (χ1v) is 4.84. The van der Waals surface area contributed by atoms with E-state index < -0.39 is 0 Å². The van der Waals surface area contributed by atoms with Crippen molar-refractivity contribution in [1.29, 1.82) is 0 Å². The summed E-state index contributed by atoms with van der Waals surface area (Å²) in [5, 5.41) is 12.6. The van der Waals surface area contributed by atoms with E-state index in [4.69, 9.17) is 0 Å². The maximum Gasteiger partial charge on any atom is 0.183 e. The van der Waals surface area contributed by atoms with Gasteiger partial charge in [-0.15, -0.1) is 0 Å². The van der Waals surface area contributed by atoms with Crippen LogP contribution in [0.25, 0.3) is 0 Å². The van der Waals surface area contributed by atoms with Crippen LogP contribution in [-0.4, -0.2) is 23.5 Å². The molecule has 1 aromatic carbocycles. The molecule has 3 heteroatoms. The Bertz CT molecular complexity index is 343. The predicted molar refractivity (Wildman–Crippen MR) is 53.5 cm³/mol. The summed E-state index contributed by atoms with van der Waals surface area (Å²) < 4.78 is 0. The molecular weight excluding hydrogens is 178 g/mol. The second-order valence-corrected chi connectivity index (χ2v) is 3.53. The third-order valence-electron chi connectivity index (χ3n) is 2.55. The molecule has 2 rings (SSSR count). The number of phenols is 1. The lowest BCUT2D eigenvalue weighted by Gasteiger charge is -2.09. The van der Waals surface area contributed by atoms with Crippen LogP contribution in [0.1, 0.15) is 23.2 Å². The van der Waals surface area contributed by atoms with Crippen LogP contribution in [0, 0.1) is 0 Å². The number of aromatic hydroxyl groups is 1. The van der Waals surface area contributed by atoms with Crippen LogP contribution in [0.2, 0.25) is 0 Å². The molecule has 1 aliphatic heterocycles. The number of benzene rings is 1. The molecule has 0 amide bonds. The molecule has 1 aromatic rings. The molecule has 3 nitrogen and oxygen atoms in total. The van der Waals surface area contributed by atoms with E-state index in [-0.39, 0.29) is 17.6 Å². The molecule has 0 radical (unpaired) electrons. The number of para-hydroxylation sites is 1. The zero-order valence-corrected chi connectivity index (χ0v) is 7.86. The quantitative estimate of drug-likeness (QED) is 0.693. The van der Waals surface area contributed by atoms with Gasteiger partial charge in [-0.3, -0.25) is 4.79 Å². The van der Waals surface area contributed by atoms with Gasteiger partial charge in [-0.1, -0.05) is 12.1 Å². The molecule has 0 aromatic heterocycles. The van der Waals surface area contributed by atoms with Gasteiger partial charge in [0.05, 0.1) is 11.6 Å². The summed E-state index contributed by atoms with van der Waals surface area (Å²) in [6.07, 6.45) is 1.90. The first-order valence-electron chi connectivity index (χ1n) is 4.84. The van der Waals surface area contributed by atoms with E-state index in [9.17, 15) is 9.90 Å². The third kappa shape index (κ3) is 1.63. The van der Waals surface area contributed by atoms with E-state index in [1.165, 1.54) is 0 Å². The van der Waals surface area contributed by atoms with Gasteiger partial charge in [0.1, 0.15) is 5.75 Å². The molecule has 0 spiro atoms. The minimum atomic E-state index is -0.108. The Balaban J connectivity index is 2.22. The number of phenolic OH excluding ortho intramolecular Hbond substituents is 1. The normalized spacial score (nSPS) is 21.0. The summed E-state index contributed by atoms with van der Waals surface area (Å²) in [5.41, 5.74) is 0.423. The number of ketones is 1. The molecule has 74 valence electrons. The average molecular weight is 191 g/mol. The molecule has 14 heavy (non-hydrogen) atoms. The Hall–Kier alpha value is -1.35. The van der Waals surface area contributed by atoms with Crippen molar-refractivity contribution in [3.8, 4) is 5.75 Å². The highest BCUT2D eigenvalue weighted by Gasteiger charge is 2.24. The molecule has 0 aliphatic carbocycles. The highest BCUT2D eigenvalue weighted by molar-refractivity contribution is 6.02. The molecular formula is C11H13NO2. The Morgan fingerprint density at radius 1 is 1.43 bits per heavy atom. The minimum absolute atomic E-state index is 0.000556. The summed E-state index contributed by atoms with van der Waals surface area (Å²) in [7, 11) is 0. The van der Waals surface area contributed by atoms with Crippen molar-refractivity contribution in [2.24, 2.45) is 0 Å². The Kier molecular flexibility index (Phi) is 2.50. The molecule has 0 bridgehead atoms. The maximum absolute atomic E-state index is 11.8. The lowest BCUT2D eigenvalue weighted by molar-refractivity contribution is 0.0949. The summed E-state index contributed by atoms with van der Waals surface area (Å²) >= 11 is 0. The lowest BCUT2D eigenvalue weighted by atomic mass is 10.0. The Labute approximate surface area is 82.8 Å². The van der Waals surface area contributed by atoms with Gasteiger partial charge in [-0.2, -0.15) is 0 Å². The van der Waals surface area contributed by atoms with Crippen molar-refractivity contribution in [3.05, 3.63) is 29.8 Å². The summed E-state index contributed by atoms with van der Waals surface area (Å²) in [5.74, 6) is 0.0757. The standard InChI is InChI=1S/C11H13NO2/c13-10-6-2-1-4-8(10)11(14)9-5-3-7-12-9/h1-2,4,6,9,12-13H,3,5,7H2. The first-order chi connectivity index (χ1) is 6.79. The molecule has 1 saturated heterocycles. The van der Waals surface area contributed by atoms with Crippen LogP contribution in [-0.2, 0) is 0 Å². The van der Waals surface area contributed by atoms with E-state index in [0.29, 0.717) is 5.56 Å². The molecule has 0 saturated carbocycles. The van der Waals surface area contributed by atoms with Crippen LogP contribution < -0.4 is 5.32 Å². The number of carbonyl (C=O) groups excluding carboxylic acids is 1. The smallest absolute Gasteiger partial charge is 0.183 e. The number of hydrogen-bond donors (Lipinski definition) is 2. The van der Waals surface area contributed by atoms with Crippen molar-refractivity contribution in [3.63, 3.8) is 0 Å². The van der Waals surface area contributed by atoms with Gasteiger partial charge in [0.25, 0.3) is 0 Å². The minimum Gasteiger partial charge on any atom is -0.507 e. The van der Waals surface area contributed by atoms with E-state index in [2.05, 4.69) is 5.32 Å². The molecule has 2 N–H and O–H groups in total. The van der Waals surface area contributed by atoms with Crippen molar-refractivity contribution in [2.75, 3.05) is 6.54 Å². The molecule has 1 heterocycles. The summed E-state index contributed by atoms with van der Waals surface area (Å²) in [4.78, 5) is 11.8. The van der Waals surface area contributed by atoms with E-state index in [1.807, 2.05) is 0 Å². The van der Waals surface area contributed by atoms with Crippen LogP contribution >= 0.6 is 0 Å². The van der Waals surface area contributed by atoms with Crippen LogP contribution in [0.5, 0.6) is 5.75 Å². The maximum atomic E-state index is 11.8.